The van der Waals surface area contributed by atoms with Crippen LogP contribution >= 0.6 is 0 Å². The molecular weight excluding hydrogens is 262 g/mol. The van der Waals surface area contributed by atoms with Gasteiger partial charge in [0.15, 0.2) is 0 Å². The summed E-state index contributed by atoms with van der Waals surface area (Å²) in [5.74, 6) is 3.09. The lowest BCUT2D eigenvalue weighted by Gasteiger charge is -2.13. The van der Waals surface area contributed by atoms with E-state index in [1.807, 2.05) is 6.92 Å². The van der Waals surface area contributed by atoms with Gasteiger partial charge in [0, 0.05) is 24.1 Å². The summed E-state index contributed by atoms with van der Waals surface area (Å²) in [5, 5.41) is 3.55. The predicted octanol–water partition coefficient (Wildman–Crippen LogP) is 3.69. The third-order valence-corrected chi connectivity index (χ3v) is 4.36. The molecule has 1 aromatic carbocycles. The average Bonchev–Trinajstić information content (AvgIpc) is 3.20. The fourth-order valence-corrected chi connectivity index (χ4v) is 3.05. The van der Waals surface area contributed by atoms with E-state index in [0.29, 0.717) is 6.61 Å². The molecule has 3 heteroatoms. The highest BCUT2D eigenvalue weighted by molar-refractivity contribution is 5.48. The van der Waals surface area contributed by atoms with E-state index < -0.39 is 0 Å². The van der Waals surface area contributed by atoms with Gasteiger partial charge in [-0.15, -0.1) is 0 Å². The van der Waals surface area contributed by atoms with Crippen molar-refractivity contribution in [2.45, 2.75) is 58.6 Å². The van der Waals surface area contributed by atoms with Gasteiger partial charge in [-0.3, -0.25) is 0 Å². The molecule has 1 fully saturated rings. The second-order valence-electron chi connectivity index (χ2n) is 6.40. The second-order valence-corrected chi connectivity index (χ2v) is 6.40. The Balaban J connectivity index is 1.57. The molecule has 0 amide bonds. The average molecular weight is 289 g/mol. The van der Waals surface area contributed by atoms with Gasteiger partial charge < -0.3 is 14.8 Å². The van der Waals surface area contributed by atoms with Crippen LogP contribution < -0.4 is 14.8 Å². The molecule has 1 unspecified atom stereocenters. The smallest absolute Gasteiger partial charge is 0.124 e. The molecule has 1 aliphatic carbocycles. The van der Waals surface area contributed by atoms with E-state index in [4.69, 9.17) is 9.47 Å². The number of ether oxygens (including phenoxy) is 2. The van der Waals surface area contributed by atoms with Crippen molar-refractivity contribution in [3.05, 3.63) is 23.3 Å². The van der Waals surface area contributed by atoms with Crippen LogP contribution in [-0.4, -0.2) is 19.3 Å². The zero-order valence-corrected chi connectivity index (χ0v) is 13.3. The maximum atomic E-state index is 5.86. The van der Waals surface area contributed by atoms with Crippen molar-refractivity contribution in [1.82, 2.24) is 5.32 Å². The summed E-state index contributed by atoms with van der Waals surface area (Å²) >= 11 is 0. The summed E-state index contributed by atoms with van der Waals surface area (Å²) < 4.78 is 11.7. The fraction of sp³-hybridized carbons (Fsp3) is 0.667. The van der Waals surface area contributed by atoms with Crippen LogP contribution in [0.2, 0.25) is 0 Å². The van der Waals surface area contributed by atoms with Crippen LogP contribution in [0.4, 0.5) is 0 Å². The van der Waals surface area contributed by atoms with Gasteiger partial charge in [0.2, 0.25) is 0 Å². The van der Waals surface area contributed by atoms with Crippen LogP contribution in [0.15, 0.2) is 12.1 Å². The first-order valence-corrected chi connectivity index (χ1v) is 8.42. The first kappa shape index (κ1) is 14.7. The molecule has 0 aromatic heterocycles. The van der Waals surface area contributed by atoms with Crippen molar-refractivity contribution in [2.75, 3.05) is 13.2 Å². The third-order valence-electron chi connectivity index (χ3n) is 4.36. The monoisotopic (exact) mass is 289 g/mol. The molecule has 1 aliphatic heterocycles. The number of hydrogen-bond acceptors (Lipinski definition) is 3. The summed E-state index contributed by atoms with van der Waals surface area (Å²) in [5.41, 5.74) is 2.50. The van der Waals surface area contributed by atoms with Gasteiger partial charge in [-0.2, -0.15) is 0 Å². The molecule has 0 bridgehead atoms. The molecule has 3 rings (SSSR count). The normalized spacial score (nSPS) is 20.2. The van der Waals surface area contributed by atoms with Crippen molar-refractivity contribution in [3.63, 3.8) is 0 Å². The van der Waals surface area contributed by atoms with Crippen molar-refractivity contribution < 1.29 is 9.47 Å². The van der Waals surface area contributed by atoms with Gasteiger partial charge in [-0.25, -0.2) is 0 Å². The van der Waals surface area contributed by atoms with Crippen LogP contribution in [0, 0.1) is 5.92 Å². The van der Waals surface area contributed by atoms with Crippen molar-refractivity contribution in [1.29, 1.82) is 0 Å². The van der Waals surface area contributed by atoms with E-state index in [2.05, 4.69) is 24.4 Å². The predicted molar refractivity (Wildman–Crippen MR) is 85.1 cm³/mol. The minimum absolute atomic E-state index is 0.288. The van der Waals surface area contributed by atoms with E-state index in [1.165, 1.54) is 36.8 Å². The van der Waals surface area contributed by atoms with Gasteiger partial charge in [0.05, 0.1) is 6.61 Å². The molecule has 1 heterocycles. The van der Waals surface area contributed by atoms with Crippen LogP contribution in [0.1, 0.15) is 50.7 Å². The quantitative estimate of drug-likeness (QED) is 0.740. The molecule has 1 atom stereocenters. The molecule has 1 N–H and O–H groups in total. The highest BCUT2D eigenvalue weighted by Crippen LogP contribution is 2.35. The first-order valence-electron chi connectivity index (χ1n) is 8.42. The fourth-order valence-electron chi connectivity index (χ4n) is 3.05. The molecule has 3 nitrogen and oxygen atoms in total. The third kappa shape index (κ3) is 3.91. The Bertz CT molecular complexity index is 482. The van der Waals surface area contributed by atoms with Gasteiger partial charge in [-0.05, 0) is 51.3 Å². The van der Waals surface area contributed by atoms with E-state index in [1.54, 1.807) is 0 Å². The van der Waals surface area contributed by atoms with Gasteiger partial charge in [-0.1, -0.05) is 12.8 Å². The van der Waals surface area contributed by atoms with Crippen molar-refractivity contribution >= 4 is 0 Å². The summed E-state index contributed by atoms with van der Waals surface area (Å²) in [4.78, 5) is 0. The Hall–Kier alpha value is -1.22. The van der Waals surface area contributed by atoms with E-state index in [0.717, 1.165) is 36.9 Å². The first-order chi connectivity index (χ1) is 10.3. The molecule has 21 heavy (non-hydrogen) atoms. The molecule has 0 spiro atoms. The van der Waals surface area contributed by atoms with Crippen LogP contribution in [-0.2, 0) is 13.0 Å². The van der Waals surface area contributed by atoms with Crippen LogP contribution in [0.25, 0.3) is 0 Å². The van der Waals surface area contributed by atoms with Crippen LogP contribution in [0.3, 0.4) is 0 Å². The number of fused-ring (bicyclic) bond motifs is 1. The number of nitrogens with one attached hydrogen (secondary N) is 1. The Morgan fingerprint density at radius 2 is 2.19 bits per heavy atom. The number of benzene rings is 1. The van der Waals surface area contributed by atoms with E-state index in [9.17, 15) is 0 Å². The molecular formula is C18H27NO2. The largest absolute Gasteiger partial charge is 0.494 e. The molecule has 0 saturated heterocycles. The van der Waals surface area contributed by atoms with Crippen molar-refractivity contribution in [2.24, 2.45) is 5.92 Å². The molecule has 116 valence electrons. The minimum Gasteiger partial charge on any atom is -0.494 e. The lowest BCUT2D eigenvalue weighted by molar-refractivity contribution is 0.254. The SMILES string of the molecule is CCOc1cc2c(cc1CNCCCC1CC1)OC(C)C2. The lowest BCUT2D eigenvalue weighted by Crippen LogP contribution is -2.15. The van der Waals surface area contributed by atoms with Gasteiger partial charge in [0.1, 0.15) is 17.6 Å². The Morgan fingerprint density at radius 3 is 2.95 bits per heavy atom. The maximum Gasteiger partial charge on any atom is 0.124 e. The molecule has 1 saturated carbocycles. The standard InChI is InChI=1S/C18H27NO2/c1-3-20-17-10-15-9-13(2)21-18(15)11-16(17)12-19-8-4-5-14-6-7-14/h10-11,13-14,19H,3-9,12H2,1-2H3. The molecule has 1 aromatic rings. The number of rotatable bonds is 8. The Labute approximate surface area is 128 Å². The van der Waals surface area contributed by atoms with E-state index in [-0.39, 0.29) is 6.10 Å². The Kier molecular flexibility index (Phi) is 4.69. The van der Waals surface area contributed by atoms with E-state index >= 15 is 0 Å². The maximum absolute atomic E-state index is 5.86. The topological polar surface area (TPSA) is 30.5 Å². The summed E-state index contributed by atoms with van der Waals surface area (Å²) in [6.07, 6.45) is 6.86. The zero-order valence-electron chi connectivity index (χ0n) is 13.3. The molecule has 2 aliphatic rings. The lowest BCUT2D eigenvalue weighted by atomic mass is 10.1. The number of hydrogen-bond donors (Lipinski definition) is 1. The van der Waals surface area contributed by atoms with Crippen LogP contribution in [0.5, 0.6) is 11.5 Å². The summed E-state index contributed by atoms with van der Waals surface area (Å²) in [7, 11) is 0. The zero-order chi connectivity index (χ0) is 14.7. The minimum atomic E-state index is 0.288. The van der Waals surface area contributed by atoms with Gasteiger partial charge >= 0.3 is 0 Å². The molecule has 0 radical (unpaired) electrons. The summed E-state index contributed by atoms with van der Waals surface area (Å²) in [6, 6.07) is 4.33. The second kappa shape index (κ2) is 6.69. The highest BCUT2D eigenvalue weighted by atomic mass is 16.5. The van der Waals surface area contributed by atoms with Crippen molar-refractivity contribution in [3.8, 4) is 11.5 Å². The van der Waals surface area contributed by atoms with Gasteiger partial charge in [0.25, 0.3) is 0 Å². The summed E-state index contributed by atoms with van der Waals surface area (Å²) in [6.45, 7) is 6.83. The highest BCUT2D eigenvalue weighted by Gasteiger charge is 2.22. The Morgan fingerprint density at radius 1 is 1.33 bits per heavy atom.